The first-order valence-corrected chi connectivity index (χ1v) is 16.9. The molecule has 2 heteroatoms. The fourth-order valence-corrected chi connectivity index (χ4v) is 16.5. The Morgan fingerprint density at radius 2 is 1.00 bits per heavy atom. The minimum Gasteiger partial charge on any atom is -0.0656 e. The van der Waals surface area contributed by atoms with Crippen LogP contribution in [0.3, 0.4) is 0 Å². The summed E-state index contributed by atoms with van der Waals surface area (Å²) >= 11 is 0. The summed E-state index contributed by atoms with van der Waals surface area (Å²) in [5.74, 6) is 0. The van der Waals surface area contributed by atoms with Gasteiger partial charge in [0.25, 0.3) is 0 Å². The van der Waals surface area contributed by atoms with Crippen molar-refractivity contribution >= 4 is 26.5 Å². The van der Waals surface area contributed by atoms with E-state index in [9.17, 15) is 0 Å². The van der Waals surface area contributed by atoms with Gasteiger partial charge in [-0.3, -0.25) is 0 Å². The van der Waals surface area contributed by atoms with Gasteiger partial charge in [-0.15, -0.1) is 0 Å². The van der Waals surface area contributed by atoms with Crippen molar-refractivity contribution in [1.82, 2.24) is 0 Å². The predicted octanol–water partition coefficient (Wildman–Crippen LogP) is 7.85. The highest BCUT2D eigenvalue weighted by Crippen LogP contribution is 2.62. The molecule has 1 aromatic rings. The molecule has 1 aromatic carbocycles. The highest BCUT2D eigenvalue weighted by Gasteiger charge is 2.60. The van der Waals surface area contributed by atoms with E-state index >= 15 is 0 Å². The molecule has 0 radical (unpaired) electrons. The minimum absolute atomic E-state index is 0.244. The molecule has 0 fully saturated rings. The third kappa shape index (κ3) is 3.80. The Morgan fingerprint density at radius 1 is 0.621 bits per heavy atom. The zero-order chi connectivity index (χ0) is 22.7. The van der Waals surface area contributed by atoms with Gasteiger partial charge >= 0.3 is 0 Å². The standard InChI is InChI=1S/C27H46Si2/c1-18-15-23(28(12,13)14)17-24(16-18)29(26(6,7)8,27(9,10)11)25-21(4)19(2)20(3)22(25)5/h15-17,25H,1-14H3. The van der Waals surface area contributed by atoms with Crippen molar-refractivity contribution in [2.75, 3.05) is 0 Å². The van der Waals surface area contributed by atoms with Gasteiger partial charge in [0.05, 0.1) is 8.07 Å². The van der Waals surface area contributed by atoms with Crippen molar-refractivity contribution in [3.63, 3.8) is 0 Å². The van der Waals surface area contributed by atoms with Crippen LogP contribution in [0.25, 0.3) is 0 Å². The van der Waals surface area contributed by atoms with E-state index in [0.717, 1.165) is 0 Å². The van der Waals surface area contributed by atoms with Gasteiger partial charge in [-0.05, 0) is 55.8 Å². The molecule has 0 saturated carbocycles. The van der Waals surface area contributed by atoms with Crippen LogP contribution in [0.15, 0.2) is 40.5 Å². The summed E-state index contributed by atoms with van der Waals surface area (Å²) in [5, 5.41) is 3.79. The summed E-state index contributed by atoms with van der Waals surface area (Å²) in [5.41, 5.74) is 8.37. The summed E-state index contributed by atoms with van der Waals surface area (Å²) in [6.07, 6.45) is 0. The average Bonchev–Trinajstić information content (AvgIpc) is 2.69. The number of benzene rings is 1. The van der Waals surface area contributed by atoms with Crippen LogP contribution in [0, 0.1) is 6.92 Å². The third-order valence-electron chi connectivity index (χ3n) is 7.81. The topological polar surface area (TPSA) is 0 Å². The summed E-state index contributed by atoms with van der Waals surface area (Å²) in [6.45, 7) is 34.5. The number of hydrogen-bond donors (Lipinski definition) is 0. The van der Waals surface area contributed by atoms with Crippen LogP contribution in [-0.4, -0.2) is 16.1 Å². The fraction of sp³-hybridized carbons (Fsp3) is 0.630. The second-order valence-electron chi connectivity index (χ2n) is 12.7. The molecule has 0 spiro atoms. The molecule has 1 aliphatic rings. The lowest BCUT2D eigenvalue weighted by atomic mass is 10.1. The SMILES string of the molecule is CC1=C(C)C([Si](c2cc(C)cc([Si](C)(C)C)c2)(C(C)(C)C)C(C)(C)C)C(C)=C1C. The zero-order valence-electron chi connectivity index (χ0n) is 21.8. The largest absolute Gasteiger partial charge is 0.108 e. The first-order valence-electron chi connectivity index (χ1n) is 11.3. The third-order valence-corrected chi connectivity index (χ3v) is 17.5. The Labute approximate surface area is 183 Å². The van der Waals surface area contributed by atoms with E-state index in [0.29, 0.717) is 5.54 Å². The predicted molar refractivity (Wildman–Crippen MR) is 139 cm³/mol. The van der Waals surface area contributed by atoms with Crippen LogP contribution in [0.4, 0.5) is 0 Å². The van der Waals surface area contributed by atoms with Crippen molar-refractivity contribution in [2.24, 2.45) is 0 Å². The summed E-state index contributed by atoms with van der Waals surface area (Å²) in [4.78, 5) is 0. The quantitative estimate of drug-likeness (QED) is 0.431. The van der Waals surface area contributed by atoms with Gasteiger partial charge in [-0.25, -0.2) is 0 Å². The van der Waals surface area contributed by atoms with Gasteiger partial charge in [0.15, 0.2) is 0 Å². The van der Waals surface area contributed by atoms with Gasteiger partial charge in [0.1, 0.15) is 8.07 Å². The number of aryl methyl sites for hydroxylation is 1. The van der Waals surface area contributed by atoms with E-state index < -0.39 is 16.1 Å². The molecule has 0 amide bonds. The van der Waals surface area contributed by atoms with E-state index in [1.165, 1.54) is 16.7 Å². The van der Waals surface area contributed by atoms with E-state index in [1.807, 2.05) is 0 Å². The maximum absolute atomic E-state index is 2.66. The van der Waals surface area contributed by atoms with E-state index in [2.05, 4.69) is 114 Å². The Hall–Kier alpha value is -0.866. The van der Waals surface area contributed by atoms with Crippen molar-refractivity contribution < 1.29 is 0 Å². The first kappa shape index (κ1) is 24.4. The van der Waals surface area contributed by atoms with Crippen LogP contribution >= 0.6 is 0 Å². The highest BCUT2D eigenvalue weighted by molar-refractivity contribution is 6.99. The smallest absolute Gasteiger partial charge is 0.0656 e. The van der Waals surface area contributed by atoms with Crippen molar-refractivity contribution in [3.05, 3.63) is 46.1 Å². The van der Waals surface area contributed by atoms with Crippen molar-refractivity contribution in [2.45, 2.75) is 111 Å². The molecule has 0 bridgehead atoms. The van der Waals surface area contributed by atoms with E-state index in [1.54, 1.807) is 21.5 Å². The summed E-state index contributed by atoms with van der Waals surface area (Å²) in [7, 11) is -3.48. The fourth-order valence-electron chi connectivity index (χ4n) is 6.47. The molecule has 0 N–H and O–H groups in total. The van der Waals surface area contributed by atoms with Gasteiger partial charge in [0, 0.05) is 5.54 Å². The van der Waals surface area contributed by atoms with Crippen molar-refractivity contribution in [3.8, 4) is 0 Å². The monoisotopic (exact) mass is 426 g/mol. The molecule has 2 rings (SSSR count). The molecule has 0 saturated heterocycles. The second-order valence-corrected chi connectivity index (χ2v) is 23.5. The first-order chi connectivity index (χ1) is 12.9. The molecule has 29 heavy (non-hydrogen) atoms. The maximum atomic E-state index is 2.66. The summed E-state index contributed by atoms with van der Waals surface area (Å²) < 4.78 is 0. The normalized spacial score (nSPS) is 17.6. The number of hydrogen-bond acceptors (Lipinski definition) is 0. The minimum atomic E-state index is -2.09. The zero-order valence-corrected chi connectivity index (χ0v) is 23.8. The Bertz CT molecular complexity index is 823. The highest BCUT2D eigenvalue weighted by atomic mass is 28.3. The van der Waals surface area contributed by atoms with Crippen molar-refractivity contribution in [1.29, 1.82) is 0 Å². The number of allylic oxidation sites excluding steroid dienone is 4. The van der Waals surface area contributed by atoms with Gasteiger partial charge in [0.2, 0.25) is 0 Å². The lowest BCUT2D eigenvalue weighted by molar-refractivity contribution is 0.608. The summed E-state index contributed by atoms with van der Waals surface area (Å²) in [6, 6.07) is 7.69. The molecule has 0 aromatic heterocycles. The van der Waals surface area contributed by atoms with Gasteiger partial charge in [-0.1, -0.05) is 106 Å². The van der Waals surface area contributed by atoms with Gasteiger partial charge < -0.3 is 0 Å². The Kier molecular flexibility index (Phi) is 6.20. The van der Waals surface area contributed by atoms with Gasteiger partial charge in [-0.2, -0.15) is 0 Å². The molecule has 162 valence electrons. The second kappa shape index (κ2) is 7.37. The van der Waals surface area contributed by atoms with Crippen LogP contribution in [0.5, 0.6) is 0 Å². The Balaban J connectivity index is 3.05. The number of rotatable bonds is 3. The van der Waals surface area contributed by atoms with E-state index in [-0.39, 0.29) is 10.1 Å². The lowest BCUT2D eigenvalue weighted by Gasteiger charge is -2.57. The molecular weight excluding hydrogens is 380 g/mol. The lowest BCUT2D eigenvalue weighted by Crippen LogP contribution is -2.65. The van der Waals surface area contributed by atoms with Crippen LogP contribution in [0.2, 0.25) is 35.3 Å². The van der Waals surface area contributed by atoms with Crippen LogP contribution < -0.4 is 10.4 Å². The van der Waals surface area contributed by atoms with Crippen LogP contribution in [-0.2, 0) is 0 Å². The molecule has 0 atom stereocenters. The molecule has 0 aliphatic heterocycles. The van der Waals surface area contributed by atoms with Crippen LogP contribution in [0.1, 0.15) is 74.8 Å². The molecule has 1 aliphatic carbocycles. The average molecular weight is 427 g/mol. The maximum Gasteiger partial charge on any atom is 0.108 e. The Morgan fingerprint density at radius 3 is 1.34 bits per heavy atom. The molecule has 0 heterocycles. The molecule has 0 unspecified atom stereocenters. The molecular formula is C27H46Si2. The van der Waals surface area contributed by atoms with E-state index in [4.69, 9.17) is 0 Å². The molecule has 0 nitrogen and oxygen atoms in total.